The van der Waals surface area contributed by atoms with Gasteiger partial charge < -0.3 is 10.6 Å². The fraction of sp³-hybridized carbons (Fsp3) is 0.286. The van der Waals surface area contributed by atoms with Gasteiger partial charge in [0.1, 0.15) is 6.07 Å². The van der Waals surface area contributed by atoms with Crippen LogP contribution in [0.25, 0.3) is 0 Å². The number of hydrogen-bond acceptors (Lipinski definition) is 3. The van der Waals surface area contributed by atoms with Crippen molar-refractivity contribution in [1.29, 1.82) is 5.26 Å². The van der Waals surface area contributed by atoms with E-state index in [0.717, 1.165) is 5.69 Å². The average Bonchev–Trinajstić information content (AvgIpc) is 2.69. The van der Waals surface area contributed by atoms with Crippen molar-refractivity contribution >= 4 is 23.2 Å². The minimum atomic E-state index is -0.123. The first-order valence-electron chi connectivity index (χ1n) is 8.83. The maximum absolute atomic E-state index is 12.5. The molecule has 0 unspecified atom stereocenters. The van der Waals surface area contributed by atoms with Crippen molar-refractivity contribution < 1.29 is 9.59 Å². The lowest BCUT2D eigenvalue weighted by Crippen LogP contribution is -2.32. The monoisotopic (exact) mass is 347 g/mol. The summed E-state index contributed by atoms with van der Waals surface area (Å²) >= 11 is 0. The number of benzene rings is 2. The number of hydrogen-bond donors (Lipinski definition) is 2. The Bertz CT molecular complexity index is 819. The molecule has 2 aromatic rings. The van der Waals surface area contributed by atoms with Crippen LogP contribution < -0.4 is 10.6 Å². The predicted molar refractivity (Wildman–Crippen MR) is 100 cm³/mol. The molecule has 0 spiro atoms. The van der Waals surface area contributed by atoms with E-state index in [9.17, 15) is 9.59 Å². The number of rotatable bonds is 4. The standard InChI is InChI=1S/C21H21N3O2/c22-14-17-6-4-5-9-19(17)24-21(26)16-12-10-15(11-13-16)20(25)23-18-7-2-1-3-8-18/h1-9,15-16H,10-13H2,(H,23,25)(H,24,26). The molecule has 2 N–H and O–H groups in total. The predicted octanol–water partition coefficient (Wildman–Crippen LogP) is 3.94. The van der Waals surface area contributed by atoms with Crippen LogP contribution in [0.1, 0.15) is 31.2 Å². The lowest BCUT2D eigenvalue weighted by molar-refractivity contribution is -0.125. The number of anilines is 2. The molecular formula is C21H21N3O2. The molecule has 3 rings (SSSR count). The number of nitriles is 1. The maximum Gasteiger partial charge on any atom is 0.227 e. The number of carbonyl (C=O) groups excluding carboxylic acids is 2. The fourth-order valence-electron chi connectivity index (χ4n) is 3.31. The molecular weight excluding hydrogens is 326 g/mol. The van der Waals surface area contributed by atoms with Crippen LogP contribution in [0.3, 0.4) is 0 Å². The molecule has 0 bridgehead atoms. The largest absolute Gasteiger partial charge is 0.326 e. The van der Waals surface area contributed by atoms with Gasteiger partial charge in [0.15, 0.2) is 0 Å². The molecule has 1 fully saturated rings. The second-order valence-corrected chi connectivity index (χ2v) is 6.55. The second kappa shape index (κ2) is 8.30. The Balaban J connectivity index is 1.52. The highest BCUT2D eigenvalue weighted by atomic mass is 16.2. The maximum atomic E-state index is 12.5. The van der Waals surface area contributed by atoms with E-state index in [1.54, 1.807) is 24.3 Å². The van der Waals surface area contributed by atoms with E-state index in [4.69, 9.17) is 5.26 Å². The molecule has 2 aromatic carbocycles. The molecule has 132 valence electrons. The Morgan fingerprint density at radius 2 is 1.35 bits per heavy atom. The summed E-state index contributed by atoms with van der Waals surface area (Å²) in [6.07, 6.45) is 2.73. The zero-order valence-corrected chi connectivity index (χ0v) is 14.4. The van der Waals surface area contributed by atoms with Gasteiger partial charge in [-0.15, -0.1) is 0 Å². The van der Waals surface area contributed by atoms with Crippen molar-refractivity contribution in [2.24, 2.45) is 11.8 Å². The Morgan fingerprint density at radius 1 is 0.808 bits per heavy atom. The van der Waals surface area contributed by atoms with Crippen molar-refractivity contribution in [2.75, 3.05) is 10.6 Å². The molecule has 0 aromatic heterocycles. The second-order valence-electron chi connectivity index (χ2n) is 6.55. The van der Waals surface area contributed by atoms with Crippen molar-refractivity contribution in [3.63, 3.8) is 0 Å². The summed E-state index contributed by atoms with van der Waals surface area (Å²) in [6.45, 7) is 0. The smallest absolute Gasteiger partial charge is 0.227 e. The highest BCUT2D eigenvalue weighted by Gasteiger charge is 2.30. The molecule has 2 amide bonds. The van der Waals surface area contributed by atoms with Crippen molar-refractivity contribution in [2.45, 2.75) is 25.7 Å². The van der Waals surface area contributed by atoms with Gasteiger partial charge in [0.2, 0.25) is 11.8 Å². The molecule has 0 heterocycles. The summed E-state index contributed by atoms with van der Waals surface area (Å²) in [6, 6.07) is 18.5. The minimum Gasteiger partial charge on any atom is -0.326 e. The quantitative estimate of drug-likeness (QED) is 0.879. The van der Waals surface area contributed by atoms with E-state index < -0.39 is 0 Å². The van der Waals surface area contributed by atoms with Crippen molar-refractivity contribution in [3.05, 3.63) is 60.2 Å². The van der Waals surface area contributed by atoms with E-state index in [2.05, 4.69) is 16.7 Å². The van der Waals surface area contributed by atoms with Gasteiger partial charge in [-0.1, -0.05) is 30.3 Å². The third-order valence-electron chi connectivity index (χ3n) is 4.82. The third-order valence-corrected chi connectivity index (χ3v) is 4.82. The van der Waals surface area contributed by atoms with Crippen LogP contribution in [-0.4, -0.2) is 11.8 Å². The van der Waals surface area contributed by atoms with Gasteiger partial charge in [-0.2, -0.15) is 5.26 Å². The van der Waals surface area contributed by atoms with E-state index in [-0.39, 0.29) is 23.7 Å². The van der Waals surface area contributed by atoms with Crippen LogP contribution in [0.15, 0.2) is 54.6 Å². The van der Waals surface area contributed by atoms with Gasteiger partial charge in [0.25, 0.3) is 0 Å². The number of nitrogens with one attached hydrogen (secondary N) is 2. The van der Waals surface area contributed by atoms with E-state index in [1.807, 2.05) is 30.3 Å². The Labute approximate surface area is 153 Å². The zero-order chi connectivity index (χ0) is 18.4. The summed E-state index contributed by atoms with van der Waals surface area (Å²) in [5.74, 6) is -0.243. The minimum absolute atomic E-state index is 0.0184. The molecule has 5 heteroatoms. The molecule has 26 heavy (non-hydrogen) atoms. The van der Waals surface area contributed by atoms with Crippen LogP contribution in [-0.2, 0) is 9.59 Å². The van der Waals surface area contributed by atoms with Gasteiger partial charge in [-0.05, 0) is 49.9 Å². The van der Waals surface area contributed by atoms with Gasteiger partial charge in [0.05, 0.1) is 11.3 Å². The van der Waals surface area contributed by atoms with Gasteiger partial charge in [0, 0.05) is 17.5 Å². The number of nitrogens with zero attached hydrogens (tertiary/aromatic N) is 1. The van der Waals surface area contributed by atoms with E-state index >= 15 is 0 Å². The lowest BCUT2D eigenvalue weighted by Gasteiger charge is -2.27. The SMILES string of the molecule is N#Cc1ccccc1NC(=O)C1CCC(C(=O)Nc2ccccc2)CC1. The first-order chi connectivity index (χ1) is 12.7. The van der Waals surface area contributed by atoms with Crippen molar-refractivity contribution in [1.82, 2.24) is 0 Å². The Kier molecular flexibility index (Phi) is 5.65. The molecule has 5 nitrogen and oxygen atoms in total. The summed E-state index contributed by atoms with van der Waals surface area (Å²) in [4.78, 5) is 24.9. The summed E-state index contributed by atoms with van der Waals surface area (Å²) in [5.41, 5.74) is 1.80. The van der Waals surface area contributed by atoms with Crippen LogP contribution in [0.2, 0.25) is 0 Å². The van der Waals surface area contributed by atoms with Crippen molar-refractivity contribution in [3.8, 4) is 6.07 Å². The van der Waals surface area contributed by atoms with E-state index in [1.165, 1.54) is 0 Å². The van der Waals surface area contributed by atoms with E-state index in [0.29, 0.717) is 36.9 Å². The normalized spacial score (nSPS) is 19.2. The molecule has 0 saturated heterocycles. The lowest BCUT2D eigenvalue weighted by atomic mass is 9.81. The molecule has 0 radical (unpaired) electrons. The van der Waals surface area contributed by atoms with Gasteiger partial charge in [-0.3, -0.25) is 9.59 Å². The first-order valence-corrected chi connectivity index (χ1v) is 8.83. The fourth-order valence-corrected chi connectivity index (χ4v) is 3.31. The highest BCUT2D eigenvalue weighted by Crippen LogP contribution is 2.31. The Hall–Kier alpha value is -3.13. The summed E-state index contributed by atoms with van der Waals surface area (Å²) in [5, 5.41) is 14.9. The van der Waals surface area contributed by atoms with Crippen LogP contribution in [0, 0.1) is 23.2 Å². The molecule has 1 saturated carbocycles. The van der Waals surface area contributed by atoms with Crippen LogP contribution in [0.5, 0.6) is 0 Å². The van der Waals surface area contributed by atoms with Gasteiger partial charge in [-0.25, -0.2) is 0 Å². The van der Waals surface area contributed by atoms with Crippen LogP contribution in [0.4, 0.5) is 11.4 Å². The molecule has 0 aliphatic heterocycles. The average molecular weight is 347 g/mol. The highest BCUT2D eigenvalue weighted by molar-refractivity contribution is 5.95. The number of para-hydroxylation sites is 2. The molecule has 1 aliphatic rings. The number of carbonyl (C=O) groups is 2. The summed E-state index contributed by atoms with van der Waals surface area (Å²) in [7, 11) is 0. The first kappa shape index (κ1) is 17.7. The third kappa shape index (κ3) is 4.28. The zero-order valence-electron chi connectivity index (χ0n) is 14.4. The van der Waals surface area contributed by atoms with Gasteiger partial charge >= 0.3 is 0 Å². The summed E-state index contributed by atoms with van der Waals surface area (Å²) < 4.78 is 0. The number of amides is 2. The topological polar surface area (TPSA) is 82.0 Å². The Morgan fingerprint density at radius 3 is 1.96 bits per heavy atom. The molecule has 0 atom stereocenters. The van der Waals surface area contributed by atoms with Crippen LogP contribution >= 0.6 is 0 Å². The molecule has 1 aliphatic carbocycles.